The molecule has 0 amide bonds. The number of aliphatic hydroxyl groups excluding tert-OH is 1. The largest absolute Gasteiger partial charge is 0.462 e. The molecule has 400 valence electrons. The number of carbonyl (C=O) groups is 2. The predicted octanol–water partition coefficient (Wildman–Crippen LogP) is 20.6. The highest BCUT2D eigenvalue weighted by Crippen LogP contribution is 2.18. The van der Waals surface area contributed by atoms with Gasteiger partial charge in [-0.25, -0.2) is 0 Å². The van der Waals surface area contributed by atoms with Gasteiger partial charge in [0.2, 0.25) is 0 Å². The zero-order chi connectivity index (χ0) is 49.2. The summed E-state index contributed by atoms with van der Waals surface area (Å²) in [5.41, 5.74) is 0. The molecule has 0 fully saturated rings. The Bertz CT molecular complexity index is 1080. The van der Waals surface area contributed by atoms with Crippen LogP contribution in [0.25, 0.3) is 0 Å². The van der Waals surface area contributed by atoms with Crippen molar-refractivity contribution in [1.82, 2.24) is 0 Å². The first-order valence-corrected chi connectivity index (χ1v) is 30.5. The number of carbonyl (C=O) groups excluding carboxylic acids is 2. The highest BCUT2D eigenvalue weighted by molar-refractivity contribution is 5.70. The van der Waals surface area contributed by atoms with Gasteiger partial charge in [-0.05, 0) is 51.4 Å². The standard InChI is InChI=1S/C63H118O5/c1-3-5-7-9-11-13-15-17-19-20-21-22-23-24-25-26-27-28-29-30-31-32-33-34-35-36-37-38-39-40-41-42-44-46-48-50-52-54-56-58-63(66)68-61(59-64)60-67-62(65)57-55-53-51-49-47-45-43-18-16-14-12-10-8-6-4-2/h15,17,20-21,23-24,61,64H,3-14,16,18-19,22,25-60H2,1-2H3/b17-15-,21-20-,24-23-. The third-order valence-corrected chi connectivity index (χ3v) is 13.9. The molecule has 0 aromatic heterocycles. The van der Waals surface area contributed by atoms with Crippen molar-refractivity contribution < 1.29 is 24.2 Å². The van der Waals surface area contributed by atoms with E-state index in [1.807, 2.05) is 0 Å². The number of unbranched alkanes of at least 4 members (excludes halogenated alkanes) is 43. The molecule has 0 aliphatic carbocycles. The van der Waals surface area contributed by atoms with E-state index in [0.29, 0.717) is 12.8 Å². The first kappa shape index (κ1) is 66.1. The molecule has 1 atom stereocenters. The number of hydrogen-bond donors (Lipinski definition) is 1. The first-order chi connectivity index (χ1) is 33.6. The van der Waals surface area contributed by atoms with Gasteiger partial charge in [0.05, 0.1) is 6.61 Å². The number of aliphatic hydroxyl groups is 1. The number of esters is 2. The molecular formula is C63H118O5. The van der Waals surface area contributed by atoms with E-state index in [4.69, 9.17) is 9.47 Å². The Morgan fingerprint density at radius 3 is 0.882 bits per heavy atom. The van der Waals surface area contributed by atoms with Crippen molar-refractivity contribution >= 4 is 11.9 Å². The summed E-state index contributed by atoms with van der Waals surface area (Å²) in [6.07, 6.45) is 77.2. The van der Waals surface area contributed by atoms with Crippen LogP contribution in [0, 0.1) is 0 Å². The fourth-order valence-corrected chi connectivity index (χ4v) is 9.33. The van der Waals surface area contributed by atoms with Crippen molar-refractivity contribution in [1.29, 1.82) is 0 Å². The maximum absolute atomic E-state index is 12.3. The van der Waals surface area contributed by atoms with Crippen LogP contribution in [-0.2, 0) is 19.1 Å². The molecule has 0 saturated heterocycles. The topological polar surface area (TPSA) is 72.8 Å². The monoisotopic (exact) mass is 955 g/mol. The Kier molecular flexibility index (Phi) is 57.8. The van der Waals surface area contributed by atoms with Crippen LogP contribution in [0.15, 0.2) is 36.5 Å². The highest BCUT2D eigenvalue weighted by atomic mass is 16.6. The minimum Gasteiger partial charge on any atom is -0.462 e. The molecule has 1 unspecified atom stereocenters. The molecular weight excluding hydrogens is 837 g/mol. The van der Waals surface area contributed by atoms with E-state index >= 15 is 0 Å². The molecule has 0 radical (unpaired) electrons. The number of hydrogen-bond acceptors (Lipinski definition) is 5. The first-order valence-electron chi connectivity index (χ1n) is 30.5. The minimum atomic E-state index is -0.766. The summed E-state index contributed by atoms with van der Waals surface area (Å²) in [6, 6.07) is 0. The molecule has 1 N–H and O–H groups in total. The van der Waals surface area contributed by atoms with Crippen LogP contribution in [0.2, 0.25) is 0 Å². The Labute approximate surface area is 425 Å². The average Bonchev–Trinajstić information content (AvgIpc) is 3.34. The maximum Gasteiger partial charge on any atom is 0.306 e. The second kappa shape index (κ2) is 59.4. The number of ether oxygens (including phenoxy) is 2. The van der Waals surface area contributed by atoms with E-state index in [1.54, 1.807) is 0 Å². The lowest BCUT2D eigenvalue weighted by molar-refractivity contribution is -0.161. The van der Waals surface area contributed by atoms with E-state index in [-0.39, 0.29) is 25.2 Å². The highest BCUT2D eigenvalue weighted by Gasteiger charge is 2.16. The van der Waals surface area contributed by atoms with Crippen LogP contribution in [0.3, 0.4) is 0 Å². The Balaban J connectivity index is 3.37. The molecule has 0 rings (SSSR count). The second-order valence-electron chi connectivity index (χ2n) is 20.8. The van der Waals surface area contributed by atoms with Gasteiger partial charge < -0.3 is 14.6 Å². The van der Waals surface area contributed by atoms with Gasteiger partial charge in [0.1, 0.15) is 6.61 Å². The van der Waals surface area contributed by atoms with E-state index in [0.717, 1.165) is 44.9 Å². The van der Waals surface area contributed by atoms with Gasteiger partial charge in [-0.15, -0.1) is 0 Å². The summed E-state index contributed by atoms with van der Waals surface area (Å²) in [5, 5.41) is 9.64. The van der Waals surface area contributed by atoms with Crippen LogP contribution in [-0.4, -0.2) is 36.4 Å². The van der Waals surface area contributed by atoms with Crippen molar-refractivity contribution in [2.75, 3.05) is 13.2 Å². The minimum absolute atomic E-state index is 0.0585. The predicted molar refractivity (Wildman–Crippen MR) is 298 cm³/mol. The lowest BCUT2D eigenvalue weighted by Crippen LogP contribution is -2.28. The van der Waals surface area contributed by atoms with E-state index in [9.17, 15) is 14.7 Å². The molecule has 68 heavy (non-hydrogen) atoms. The normalized spacial score (nSPS) is 12.3. The van der Waals surface area contributed by atoms with E-state index in [1.165, 1.54) is 263 Å². The van der Waals surface area contributed by atoms with Gasteiger partial charge in [0, 0.05) is 12.8 Å². The van der Waals surface area contributed by atoms with Crippen LogP contribution >= 0.6 is 0 Å². The molecule has 0 bridgehead atoms. The fourth-order valence-electron chi connectivity index (χ4n) is 9.33. The number of rotatable bonds is 57. The zero-order valence-corrected chi connectivity index (χ0v) is 45.9. The quantitative estimate of drug-likeness (QED) is 0.0374. The number of allylic oxidation sites excluding steroid dienone is 6. The molecule has 5 heteroatoms. The summed E-state index contributed by atoms with van der Waals surface area (Å²) in [4.78, 5) is 24.5. The second-order valence-corrected chi connectivity index (χ2v) is 20.8. The van der Waals surface area contributed by atoms with Crippen LogP contribution in [0.4, 0.5) is 0 Å². The van der Waals surface area contributed by atoms with Crippen molar-refractivity contribution in [3.63, 3.8) is 0 Å². The molecule has 0 aromatic rings. The van der Waals surface area contributed by atoms with Crippen molar-refractivity contribution in [2.24, 2.45) is 0 Å². The molecule has 0 heterocycles. The molecule has 0 saturated carbocycles. The van der Waals surface area contributed by atoms with Crippen molar-refractivity contribution in [3.05, 3.63) is 36.5 Å². The van der Waals surface area contributed by atoms with Crippen LogP contribution < -0.4 is 0 Å². The average molecular weight is 956 g/mol. The van der Waals surface area contributed by atoms with Gasteiger partial charge in [0.25, 0.3) is 0 Å². The summed E-state index contributed by atoms with van der Waals surface area (Å²) in [7, 11) is 0. The van der Waals surface area contributed by atoms with Gasteiger partial charge in [-0.2, -0.15) is 0 Å². The van der Waals surface area contributed by atoms with Crippen molar-refractivity contribution in [2.45, 2.75) is 341 Å². The van der Waals surface area contributed by atoms with Crippen LogP contribution in [0.1, 0.15) is 335 Å². The Morgan fingerprint density at radius 2 is 0.588 bits per heavy atom. The molecule has 0 aliphatic rings. The van der Waals surface area contributed by atoms with Gasteiger partial charge >= 0.3 is 11.9 Å². The molecule has 0 aliphatic heterocycles. The lowest BCUT2D eigenvalue weighted by atomic mass is 10.0. The van der Waals surface area contributed by atoms with Crippen LogP contribution in [0.5, 0.6) is 0 Å². The Morgan fingerprint density at radius 1 is 0.338 bits per heavy atom. The zero-order valence-electron chi connectivity index (χ0n) is 45.9. The molecule has 5 nitrogen and oxygen atoms in total. The van der Waals surface area contributed by atoms with Crippen molar-refractivity contribution in [3.8, 4) is 0 Å². The SMILES string of the molecule is CCCCCCC/C=C\C/C=C\C/C=C\CCCCCCCCCCCCCCCCCCCCCCCCCCC(=O)OC(CO)COC(=O)CCCCCCCCCCCCCCCCC. The van der Waals surface area contributed by atoms with Gasteiger partial charge in [0.15, 0.2) is 6.10 Å². The summed E-state index contributed by atoms with van der Waals surface area (Å²) < 4.78 is 10.7. The maximum atomic E-state index is 12.3. The van der Waals surface area contributed by atoms with E-state index in [2.05, 4.69) is 50.3 Å². The Hall–Kier alpha value is -1.88. The molecule has 0 aromatic carbocycles. The third kappa shape index (κ3) is 56.7. The lowest BCUT2D eigenvalue weighted by Gasteiger charge is -2.15. The van der Waals surface area contributed by atoms with Gasteiger partial charge in [-0.1, -0.05) is 307 Å². The van der Waals surface area contributed by atoms with E-state index < -0.39 is 6.10 Å². The summed E-state index contributed by atoms with van der Waals surface area (Å²) in [5.74, 6) is -0.570. The third-order valence-electron chi connectivity index (χ3n) is 13.9. The smallest absolute Gasteiger partial charge is 0.306 e. The van der Waals surface area contributed by atoms with Gasteiger partial charge in [-0.3, -0.25) is 9.59 Å². The fraction of sp³-hybridized carbons (Fsp3) is 0.873. The molecule has 0 spiro atoms. The summed E-state index contributed by atoms with van der Waals surface area (Å²) >= 11 is 0. The summed E-state index contributed by atoms with van der Waals surface area (Å²) in [6.45, 7) is 4.17.